The topological polar surface area (TPSA) is 17.1 Å². The van der Waals surface area contributed by atoms with Crippen molar-refractivity contribution in [3.63, 3.8) is 0 Å². The van der Waals surface area contributed by atoms with Crippen LogP contribution in [0.3, 0.4) is 0 Å². The van der Waals surface area contributed by atoms with Gasteiger partial charge in [-0.2, -0.15) is 0 Å². The van der Waals surface area contributed by atoms with Gasteiger partial charge in [0.2, 0.25) is 0 Å². The summed E-state index contributed by atoms with van der Waals surface area (Å²) in [6.45, 7) is 4.01. The Morgan fingerprint density at radius 2 is 1.35 bits per heavy atom. The Morgan fingerprint density at radius 3 is 2.04 bits per heavy atom. The molecule has 3 aromatic rings. The molecule has 0 aromatic heterocycles. The maximum absolute atomic E-state index is 12.8. The van der Waals surface area contributed by atoms with Gasteiger partial charge in [0.25, 0.3) is 0 Å². The van der Waals surface area contributed by atoms with Gasteiger partial charge in [-0.25, -0.2) is 0 Å². The van der Waals surface area contributed by atoms with Crippen LogP contribution >= 0.6 is 0 Å². The molecule has 114 valence electrons. The Balaban J connectivity index is 1.97. The van der Waals surface area contributed by atoms with Crippen LogP contribution in [-0.2, 0) is 6.42 Å². The van der Waals surface area contributed by atoms with Crippen molar-refractivity contribution in [2.24, 2.45) is 0 Å². The highest BCUT2D eigenvalue weighted by atomic mass is 16.1. The maximum Gasteiger partial charge on any atom is 0.167 e. The van der Waals surface area contributed by atoms with Gasteiger partial charge in [-0.1, -0.05) is 72.8 Å². The minimum atomic E-state index is 0.184. The lowest BCUT2D eigenvalue weighted by atomic mass is 9.91. The summed E-state index contributed by atoms with van der Waals surface area (Å²) < 4.78 is 0. The lowest BCUT2D eigenvalue weighted by Gasteiger charge is -2.12. The molecule has 0 aliphatic heterocycles. The number of Topliss-reactive ketones (excluding diaryl/α,β-unsaturated/α-hetero) is 1. The molecule has 0 bridgehead atoms. The maximum atomic E-state index is 12.8. The SMILES string of the molecule is Cc1cccc(C)c1C(=O)Cc1ccccc1-c1ccccc1. The van der Waals surface area contributed by atoms with Gasteiger partial charge < -0.3 is 0 Å². The molecule has 23 heavy (non-hydrogen) atoms. The molecule has 0 aliphatic carbocycles. The minimum absolute atomic E-state index is 0.184. The van der Waals surface area contributed by atoms with Crippen LogP contribution in [0, 0.1) is 13.8 Å². The first kappa shape index (κ1) is 15.2. The first-order chi connectivity index (χ1) is 11.2. The average Bonchev–Trinajstić information content (AvgIpc) is 2.56. The third kappa shape index (κ3) is 3.24. The predicted octanol–water partition coefficient (Wildman–Crippen LogP) is 5.40. The number of hydrogen-bond acceptors (Lipinski definition) is 1. The van der Waals surface area contributed by atoms with E-state index < -0.39 is 0 Å². The lowest BCUT2D eigenvalue weighted by molar-refractivity contribution is 0.0992. The lowest BCUT2D eigenvalue weighted by Crippen LogP contribution is -2.08. The fourth-order valence-electron chi connectivity index (χ4n) is 3.09. The fraction of sp³-hybridized carbons (Fsp3) is 0.136. The number of carbonyl (C=O) groups is 1. The van der Waals surface area contributed by atoms with Gasteiger partial charge >= 0.3 is 0 Å². The van der Waals surface area contributed by atoms with Gasteiger partial charge in [0.05, 0.1) is 0 Å². The summed E-state index contributed by atoms with van der Waals surface area (Å²) in [6, 6.07) is 24.4. The smallest absolute Gasteiger partial charge is 0.167 e. The molecule has 0 saturated heterocycles. The van der Waals surface area contributed by atoms with E-state index in [1.165, 1.54) is 0 Å². The summed E-state index contributed by atoms with van der Waals surface area (Å²) in [5.41, 5.74) is 6.31. The van der Waals surface area contributed by atoms with Crippen LogP contribution in [0.25, 0.3) is 11.1 Å². The van der Waals surface area contributed by atoms with E-state index >= 15 is 0 Å². The van der Waals surface area contributed by atoms with E-state index in [1.807, 2.05) is 68.4 Å². The van der Waals surface area contributed by atoms with E-state index in [9.17, 15) is 4.79 Å². The van der Waals surface area contributed by atoms with Crippen molar-refractivity contribution in [1.82, 2.24) is 0 Å². The van der Waals surface area contributed by atoms with E-state index in [1.54, 1.807) is 0 Å². The molecular weight excluding hydrogens is 280 g/mol. The summed E-state index contributed by atoms with van der Waals surface area (Å²) >= 11 is 0. The van der Waals surface area contributed by atoms with Crippen LogP contribution in [0.15, 0.2) is 72.8 Å². The standard InChI is InChI=1S/C22H20O/c1-16-9-8-10-17(2)22(16)21(23)15-19-13-6-7-14-20(19)18-11-4-3-5-12-18/h3-14H,15H2,1-2H3. The molecule has 0 atom stereocenters. The molecule has 0 amide bonds. The number of benzene rings is 3. The Labute approximate surface area is 137 Å². The summed E-state index contributed by atoms with van der Waals surface area (Å²) in [7, 11) is 0. The molecule has 0 saturated carbocycles. The van der Waals surface area contributed by atoms with Gasteiger partial charge in [-0.15, -0.1) is 0 Å². The highest BCUT2D eigenvalue weighted by Gasteiger charge is 2.14. The summed E-state index contributed by atoms with van der Waals surface area (Å²) in [5, 5.41) is 0. The molecule has 0 heterocycles. The Kier molecular flexibility index (Phi) is 4.38. The number of rotatable bonds is 4. The van der Waals surface area contributed by atoms with Crippen molar-refractivity contribution in [1.29, 1.82) is 0 Å². The number of aryl methyl sites for hydroxylation is 2. The number of hydrogen-bond donors (Lipinski definition) is 0. The minimum Gasteiger partial charge on any atom is -0.294 e. The predicted molar refractivity (Wildman–Crippen MR) is 95.8 cm³/mol. The molecule has 3 aromatic carbocycles. The zero-order valence-corrected chi connectivity index (χ0v) is 13.5. The van der Waals surface area contributed by atoms with Crippen LogP contribution in [0.1, 0.15) is 27.0 Å². The molecule has 0 aliphatic rings. The third-order valence-corrected chi connectivity index (χ3v) is 4.21. The van der Waals surface area contributed by atoms with Crippen molar-refractivity contribution in [3.05, 3.63) is 95.1 Å². The quantitative estimate of drug-likeness (QED) is 0.590. The second kappa shape index (κ2) is 6.62. The van der Waals surface area contributed by atoms with Crippen molar-refractivity contribution in [2.45, 2.75) is 20.3 Å². The molecule has 0 radical (unpaired) electrons. The number of carbonyl (C=O) groups excluding carboxylic acids is 1. The van der Waals surface area contributed by atoms with Crippen LogP contribution in [0.4, 0.5) is 0 Å². The van der Waals surface area contributed by atoms with Gasteiger partial charge in [-0.05, 0) is 41.7 Å². The average molecular weight is 300 g/mol. The molecule has 0 N–H and O–H groups in total. The monoisotopic (exact) mass is 300 g/mol. The van der Waals surface area contributed by atoms with Crippen molar-refractivity contribution >= 4 is 5.78 Å². The van der Waals surface area contributed by atoms with E-state index in [-0.39, 0.29) is 5.78 Å². The normalized spacial score (nSPS) is 10.5. The Morgan fingerprint density at radius 1 is 0.739 bits per heavy atom. The van der Waals surface area contributed by atoms with Gasteiger partial charge in [0.15, 0.2) is 5.78 Å². The first-order valence-electron chi connectivity index (χ1n) is 7.89. The second-order valence-electron chi connectivity index (χ2n) is 5.89. The number of ketones is 1. The molecule has 0 unspecified atom stereocenters. The van der Waals surface area contributed by atoms with Crippen molar-refractivity contribution in [2.75, 3.05) is 0 Å². The van der Waals surface area contributed by atoms with E-state index in [0.717, 1.165) is 33.4 Å². The fourth-order valence-corrected chi connectivity index (χ4v) is 3.09. The van der Waals surface area contributed by atoms with E-state index in [4.69, 9.17) is 0 Å². The van der Waals surface area contributed by atoms with Crippen LogP contribution in [-0.4, -0.2) is 5.78 Å². The first-order valence-corrected chi connectivity index (χ1v) is 7.89. The molecular formula is C22H20O. The molecule has 0 fully saturated rings. The van der Waals surface area contributed by atoms with Gasteiger partial charge in [0.1, 0.15) is 0 Å². The largest absolute Gasteiger partial charge is 0.294 e. The van der Waals surface area contributed by atoms with E-state index in [0.29, 0.717) is 6.42 Å². The molecule has 0 spiro atoms. The van der Waals surface area contributed by atoms with Crippen LogP contribution in [0.5, 0.6) is 0 Å². The zero-order chi connectivity index (χ0) is 16.2. The second-order valence-corrected chi connectivity index (χ2v) is 5.89. The third-order valence-electron chi connectivity index (χ3n) is 4.21. The molecule has 3 rings (SSSR count). The van der Waals surface area contributed by atoms with Crippen LogP contribution in [0.2, 0.25) is 0 Å². The highest BCUT2D eigenvalue weighted by molar-refractivity contribution is 6.00. The summed E-state index contributed by atoms with van der Waals surface area (Å²) in [5.74, 6) is 0.184. The molecule has 1 heteroatoms. The zero-order valence-electron chi connectivity index (χ0n) is 13.5. The summed E-state index contributed by atoms with van der Waals surface area (Å²) in [6.07, 6.45) is 0.427. The van der Waals surface area contributed by atoms with Crippen molar-refractivity contribution < 1.29 is 4.79 Å². The molecule has 1 nitrogen and oxygen atoms in total. The van der Waals surface area contributed by atoms with Gasteiger partial charge in [-0.3, -0.25) is 4.79 Å². The van der Waals surface area contributed by atoms with Crippen molar-refractivity contribution in [3.8, 4) is 11.1 Å². The Hall–Kier alpha value is -2.67. The Bertz CT molecular complexity index is 811. The highest BCUT2D eigenvalue weighted by Crippen LogP contribution is 2.25. The van der Waals surface area contributed by atoms with Gasteiger partial charge in [0, 0.05) is 12.0 Å². The van der Waals surface area contributed by atoms with E-state index in [2.05, 4.69) is 18.2 Å². The summed E-state index contributed by atoms with van der Waals surface area (Å²) in [4.78, 5) is 12.8. The van der Waals surface area contributed by atoms with Crippen LogP contribution < -0.4 is 0 Å².